The Bertz CT molecular complexity index is 129. The number of hydrogen-bond donors (Lipinski definition) is 2. The Hall–Kier alpha value is -0.570. The van der Waals surface area contributed by atoms with Crippen molar-refractivity contribution in [3.05, 3.63) is 0 Å². The predicted octanol–water partition coefficient (Wildman–Crippen LogP) is 0.166. The van der Waals surface area contributed by atoms with Crippen LogP contribution in [-0.2, 0) is 4.79 Å². The van der Waals surface area contributed by atoms with Crippen LogP contribution in [0.15, 0.2) is 0 Å². The molecule has 0 radical (unpaired) electrons. The zero-order chi connectivity index (χ0) is 6.91. The monoisotopic (exact) mass is 128 g/mol. The van der Waals surface area contributed by atoms with Gasteiger partial charge in [-0.2, -0.15) is 0 Å². The summed E-state index contributed by atoms with van der Waals surface area (Å²) in [5, 5.41) is 0. The fourth-order valence-corrected chi connectivity index (χ4v) is 1.05. The van der Waals surface area contributed by atoms with Gasteiger partial charge in [-0.1, -0.05) is 6.92 Å². The van der Waals surface area contributed by atoms with E-state index >= 15 is 0 Å². The zero-order valence-corrected chi connectivity index (χ0v) is 5.61. The van der Waals surface area contributed by atoms with E-state index in [2.05, 4.69) is 5.43 Å². The largest absolute Gasteiger partial charge is 0.294 e. The summed E-state index contributed by atoms with van der Waals surface area (Å²) in [5.41, 5.74) is 2.11. The molecular formula is C6H12N2O. The van der Waals surface area contributed by atoms with Crippen molar-refractivity contribution in [1.82, 2.24) is 5.43 Å². The number of amides is 1. The fourth-order valence-electron chi connectivity index (χ4n) is 1.05. The number of carbonyl (C=O) groups is 1. The number of rotatable bonds is 2. The van der Waals surface area contributed by atoms with Crippen LogP contribution in [0.3, 0.4) is 0 Å². The standard InChI is InChI=1S/C6H12N2O/c1-2-6(3-4-6)5(9)8-7/h2-4,7H2,1H3,(H,8,9). The summed E-state index contributed by atoms with van der Waals surface area (Å²) in [5.74, 6) is 4.98. The molecule has 0 aromatic rings. The van der Waals surface area contributed by atoms with Gasteiger partial charge in [0.1, 0.15) is 0 Å². The molecule has 1 fully saturated rings. The van der Waals surface area contributed by atoms with Gasteiger partial charge in [-0.25, -0.2) is 5.84 Å². The highest BCUT2D eigenvalue weighted by Gasteiger charge is 2.47. The molecule has 1 aliphatic rings. The Morgan fingerprint density at radius 3 is 2.44 bits per heavy atom. The number of carbonyl (C=O) groups excluding carboxylic acids is 1. The molecule has 3 nitrogen and oxygen atoms in total. The van der Waals surface area contributed by atoms with Crippen LogP contribution in [-0.4, -0.2) is 5.91 Å². The van der Waals surface area contributed by atoms with E-state index < -0.39 is 0 Å². The lowest BCUT2D eigenvalue weighted by atomic mass is 10.0. The first-order valence-electron chi connectivity index (χ1n) is 3.26. The summed E-state index contributed by atoms with van der Waals surface area (Å²) in [7, 11) is 0. The highest BCUT2D eigenvalue weighted by atomic mass is 16.2. The quantitative estimate of drug-likeness (QED) is 0.316. The minimum absolute atomic E-state index is 0.00463. The fraction of sp³-hybridized carbons (Fsp3) is 0.833. The molecule has 0 aromatic carbocycles. The number of nitrogens with one attached hydrogen (secondary N) is 1. The Balaban J connectivity index is 2.49. The topological polar surface area (TPSA) is 55.1 Å². The summed E-state index contributed by atoms with van der Waals surface area (Å²) < 4.78 is 0. The van der Waals surface area contributed by atoms with Crippen LogP contribution in [0.4, 0.5) is 0 Å². The Labute approximate surface area is 54.6 Å². The number of nitrogens with two attached hydrogens (primary N) is 1. The first-order chi connectivity index (χ1) is 4.25. The molecular weight excluding hydrogens is 116 g/mol. The van der Waals surface area contributed by atoms with Crippen LogP contribution in [0.2, 0.25) is 0 Å². The SMILES string of the molecule is CCC1(C(=O)NN)CC1. The van der Waals surface area contributed by atoms with Crippen LogP contribution in [0.25, 0.3) is 0 Å². The van der Waals surface area contributed by atoms with Crippen molar-refractivity contribution in [1.29, 1.82) is 0 Å². The Morgan fingerprint density at radius 1 is 1.78 bits per heavy atom. The van der Waals surface area contributed by atoms with E-state index in [4.69, 9.17) is 5.84 Å². The molecule has 1 aliphatic carbocycles. The smallest absolute Gasteiger partial charge is 0.240 e. The average Bonchev–Trinajstić information content (AvgIpc) is 2.66. The van der Waals surface area contributed by atoms with Crippen LogP contribution in [0.5, 0.6) is 0 Å². The van der Waals surface area contributed by atoms with E-state index in [1.807, 2.05) is 6.92 Å². The summed E-state index contributed by atoms with van der Waals surface area (Å²) in [6, 6.07) is 0. The lowest BCUT2D eigenvalue weighted by Crippen LogP contribution is -2.36. The maximum atomic E-state index is 10.9. The molecule has 3 heteroatoms. The van der Waals surface area contributed by atoms with Gasteiger partial charge in [0, 0.05) is 0 Å². The minimum Gasteiger partial charge on any atom is -0.294 e. The maximum absolute atomic E-state index is 10.9. The molecule has 1 amide bonds. The van der Waals surface area contributed by atoms with E-state index in [9.17, 15) is 4.79 Å². The van der Waals surface area contributed by atoms with Crippen molar-refractivity contribution >= 4 is 5.91 Å². The first-order valence-corrected chi connectivity index (χ1v) is 3.26. The van der Waals surface area contributed by atoms with Gasteiger partial charge in [0.2, 0.25) is 5.91 Å². The lowest BCUT2D eigenvalue weighted by molar-refractivity contribution is -0.126. The van der Waals surface area contributed by atoms with Gasteiger partial charge in [0.15, 0.2) is 0 Å². The van der Waals surface area contributed by atoms with Gasteiger partial charge in [-0.3, -0.25) is 10.2 Å². The van der Waals surface area contributed by atoms with Crippen molar-refractivity contribution < 1.29 is 4.79 Å². The third kappa shape index (κ3) is 0.920. The van der Waals surface area contributed by atoms with Crippen molar-refractivity contribution in [2.45, 2.75) is 26.2 Å². The van der Waals surface area contributed by atoms with Gasteiger partial charge in [-0.15, -0.1) is 0 Å². The third-order valence-corrected chi connectivity index (χ3v) is 2.14. The molecule has 0 unspecified atom stereocenters. The molecule has 0 heterocycles. The van der Waals surface area contributed by atoms with E-state index in [1.165, 1.54) is 0 Å². The molecule has 1 rings (SSSR count). The van der Waals surface area contributed by atoms with E-state index in [-0.39, 0.29) is 11.3 Å². The van der Waals surface area contributed by atoms with Gasteiger partial charge >= 0.3 is 0 Å². The second-order valence-electron chi connectivity index (χ2n) is 2.61. The molecule has 0 bridgehead atoms. The lowest BCUT2D eigenvalue weighted by Gasteiger charge is -2.07. The van der Waals surface area contributed by atoms with Crippen molar-refractivity contribution in [3.63, 3.8) is 0 Å². The van der Waals surface area contributed by atoms with Crippen molar-refractivity contribution in [2.75, 3.05) is 0 Å². The molecule has 0 spiro atoms. The van der Waals surface area contributed by atoms with Gasteiger partial charge in [0.05, 0.1) is 5.41 Å². The van der Waals surface area contributed by atoms with E-state index in [1.54, 1.807) is 0 Å². The molecule has 1 saturated carbocycles. The maximum Gasteiger partial charge on any atom is 0.240 e. The first kappa shape index (κ1) is 6.55. The van der Waals surface area contributed by atoms with Crippen LogP contribution in [0, 0.1) is 5.41 Å². The third-order valence-electron chi connectivity index (χ3n) is 2.14. The summed E-state index contributed by atoms with van der Waals surface area (Å²) >= 11 is 0. The minimum atomic E-state index is -0.0747. The average molecular weight is 128 g/mol. The summed E-state index contributed by atoms with van der Waals surface area (Å²) in [6.45, 7) is 2.02. The van der Waals surface area contributed by atoms with E-state index in [0.717, 1.165) is 19.3 Å². The Kier molecular flexibility index (Phi) is 1.45. The molecule has 3 N–H and O–H groups in total. The highest BCUT2D eigenvalue weighted by molar-refractivity contribution is 5.84. The molecule has 52 valence electrons. The predicted molar refractivity (Wildman–Crippen MR) is 34.3 cm³/mol. The van der Waals surface area contributed by atoms with E-state index in [0.29, 0.717) is 0 Å². The van der Waals surface area contributed by atoms with Gasteiger partial charge < -0.3 is 0 Å². The number of hydrogen-bond acceptors (Lipinski definition) is 2. The zero-order valence-electron chi connectivity index (χ0n) is 5.61. The molecule has 0 atom stereocenters. The molecule has 0 aliphatic heterocycles. The molecule has 9 heavy (non-hydrogen) atoms. The van der Waals surface area contributed by atoms with Crippen molar-refractivity contribution in [2.24, 2.45) is 11.3 Å². The van der Waals surface area contributed by atoms with Gasteiger partial charge in [0.25, 0.3) is 0 Å². The number of hydrazine groups is 1. The normalized spacial score (nSPS) is 21.1. The second-order valence-corrected chi connectivity index (χ2v) is 2.61. The van der Waals surface area contributed by atoms with Crippen LogP contribution in [0.1, 0.15) is 26.2 Å². The second kappa shape index (κ2) is 1.99. The highest BCUT2D eigenvalue weighted by Crippen LogP contribution is 2.48. The Morgan fingerprint density at radius 2 is 2.33 bits per heavy atom. The summed E-state index contributed by atoms with van der Waals surface area (Å²) in [6.07, 6.45) is 2.93. The van der Waals surface area contributed by atoms with Crippen LogP contribution >= 0.6 is 0 Å². The van der Waals surface area contributed by atoms with Crippen molar-refractivity contribution in [3.8, 4) is 0 Å². The van der Waals surface area contributed by atoms with Crippen LogP contribution < -0.4 is 11.3 Å². The molecule has 0 saturated heterocycles. The van der Waals surface area contributed by atoms with Gasteiger partial charge in [-0.05, 0) is 19.3 Å². The summed E-state index contributed by atoms with van der Waals surface area (Å²) in [4.78, 5) is 10.9. The molecule has 0 aromatic heterocycles.